The minimum Gasteiger partial charge on any atom is -0.368 e. The van der Waals surface area contributed by atoms with Crippen molar-refractivity contribution in [2.24, 2.45) is 0 Å². The predicted molar refractivity (Wildman–Crippen MR) is 70.1 cm³/mol. The van der Waals surface area contributed by atoms with Gasteiger partial charge in [0.25, 0.3) is 0 Å². The largest absolute Gasteiger partial charge is 0.368 e. The summed E-state index contributed by atoms with van der Waals surface area (Å²) in [6.45, 7) is 0. The lowest BCUT2D eigenvalue weighted by Gasteiger charge is -2.10. The normalized spacial score (nSPS) is 17.9. The fraction of sp³-hybridized carbons (Fsp3) is 0.0769. The van der Waals surface area contributed by atoms with E-state index in [0.29, 0.717) is 0 Å². The topological polar surface area (TPSA) is 12.0 Å². The van der Waals surface area contributed by atoms with Crippen LogP contribution in [0.15, 0.2) is 53.4 Å². The molecule has 1 aliphatic rings. The maximum Gasteiger partial charge on any atom is 0.103 e. The fourth-order valence-electron chi connectivity index (χ4n) is 1.81. The fourth-order valence-corrected chi connectivity index (χ4v) is 3.14. The number of hydrogen-bond donors (Lipinski definition) is 1. The van der Waals surface area contributed by atoms with Crippen molar-refractivity contribution in [1.82, 2.24) is 0 Å². The second-order valence-electron chi connectivity index (χ2n) is 3.69. The highest BCUT2D eigenvalue weighted by Gasteiger charge is 2.22. The monoisotopic (exact) mass is 247 g/mol. The Morgan fingerprint density at radius 1 is 1.06 bits per heavy atom. The first-order chi connectivity index (χ1) is 7.83. The third-order valence-corrected chi connectivity index (χ3v) is 4.04. The molecule has 1 atom stereocenters. The minimum absolute atomic E-state index is 0.274. The van der Waals surface area contributed by atoms with E-state index >= 15 is 0 Å². The van der Waals surface area contributed by atoms with Crippen molar-refractivity contribution < 1.29 is 0 Å². The van der Waals surface area contributed by atoms with Gasteiger partial charge in [-0.3, -0.25) is 0 Å². The molecule has 0 radical (unpaired) electrons. The second kappa shape index (κ2) is 4.04. The lowest BCUT2D eigenvalue weighted by molar-refractivity contribution is 1.13. The molecule has 0 bridgehead atoms. The maximum atomic E-state index is 6.00. The Bertz CT molecular complexity index is 502. The van der Waals surface area contributed by atoms with Crippen molar-refractivity contribution in [3.8, 4) is 0 Å². The third-order valence-electron chi connectivity index (χ3n) is 2.57. The zero-order chi connectivity index (χ0) is 11.0. The van der Waals surface area contributed by atoms with Gasteiger partial charge in [0.1, 0.15) is 5.37 Å². The van der Waals surface area contributed by atoms with Crippen LogP contribution in [0.25, 0.3) is 0 Å². The Balaban J connectivity index is 1.91. The van der Waals surface area contributed by atoms with Crippen LogP contribution in [-0.4, -0.2) is 0 Å². The van der Waals surface area contributed by atoms with Gasteiger partial charge in [-0.2, -0.15) is 0 Å². The van der Waals surface area contributed by atoms with E-state index in [4.69, 9.17) is 11.6 Å². The van der Waals surface area contributed by atoms with Gasteiger partial charge in [0.15, 0.2) is 0 Å². The molecule has 1 N–H and O–H groups in total. The Kier molecular flexibility index (Phi) is 2.54. The molecule has 3 heteroatoms. The predicted octanol–water partition coefficient (Wildman–Crippen LogP) is 4.56. The highest BCUT2D eigenvalue weighted by Crippen LogP contribution is 2.46. The summed E-state index contributed by atoms with van der Waals surface area (Å²) in [5.74, 6) is 0. The second-order valence-corrected chi connectivity index (χ2v) is 5.28. The molecule has 3 rings (SSSR count). The molecule has 0 amide bonds. The quantitative estimate of drug-likeness (QED) is 0.793. The molecule has 16 heavy (non-hydrogen) atoms. The first kappa shape index (κ1) is 10.1. The molecular weight excluding hydrogens is 238 g/mol. The van der Waals surface area contributed by atoms with Gasteiger partial charge in [0.2, 0.25) is 0 Å². The zero-order valence-corrected chi connectivity index (χ0v) is 10.1. The average molecular weight is 248 g/mol. The van der Waals surface area contributed by atoms with E-state index in [1.165, 1.54) is 16.1 Å². The molecule has 0 saturated heterocycles. The molecule has 1 nitrogen and oxygen atoms in total. The smallest absolute Gasteiger partial charge is 0.103 e. The van der Waals surface area contributed by atoms with E-state index in [0.717, 1.165) is 5.02 Å². The standard InChI is InChI=1S/C13H10ClNS/c14-10-5-3-4-9(8-10)13-15-11-6-1-2-7-12(11)16-13/h1-8,13,15H. The molecule has 80 valence electrons. The van der Waals surface area contributed by atoms with Crippen molar-refractivity contribution in [3.63, 3.8) is 0 Å². The highest BCUT2D eigenvalue weighted by atomic mass is 35.5. The van der Waals surface area contributed by atoms with E-state index < -0.39 is 0 Å². The lowest BCUT2D eigenvalue weighted by Crippen LogP contribution is -2.00. The Morgan fingerprint density at radius 2 is 1.94 bits per heavy atom. The van der Waals surface area contributed by atoms with Crippen LogP contribution in [-0.2, 0) is 0 Å². The number of rotatable bonds is 1. The summed E-state index contributed by atoms with van der Waals surface area (Å²) < 4.78 is 0. The molecule has 0 aliphatic carbocycles. The van der Waals surface area contributed by atoms with Crippen LogP contribution < -0.4 is 5.32 Å². The number of nitrogens with one attached hydrogen (secondary N) is 1. The van der Waals surface area contributed by atoms with Crippen LogP contribution in [0.3, 0.4) is 0 Å². The third kappa shape index (κ3) is 1.79. The number of thioether (sulfide) groups is 1. The van der Waals surface area contributed by atoms with Gasteiger partial charge in [0, 0.05) is 15.6 Å². The molecule has 1 heterocycles. The van der Waals surface area contributed by atoms with Gasteiger partial charge in [-0.25, -0.2) is 0 Å². The number of anilines is 1. The van der Waals surface area contributed by atoms with Crippen LogP contribution >= 0.6 is 23.4 Å². The van der Waals surface area contributed by atoms with Crippen LogP contribution in [0.2, 0.25) is 5.02 Å². The van der Waals surface area contributed by atoms with E-state index in [1.54, 1.807) is 0 Å². The van der Waals surface area contributed by atoms with Crippen LogP contribution in [0.5, 0.6) is 0 Å². The molecule has 2 aromatic rings. The summed E-state index contributed by atoms with van der Waals surface area (Å²) in [6, 6.07) is 16.4. The first-order valence-electron chi connectivity index (χ1n) is 5.10. The van der Waals surface area contributed by atoms with Gasteiger partial charge in [-0.1, -0.05) is 47.6 Å². The highest BCUT2D eigenvalue weighted by molar-refractivity contribution is 8.00. The molecule has 0 fully saturated rings. The van der Waals surface area contributed by atoms with Gasteiger partial charge < -0.3 is 5.32 Å². The zero-order valence-electron chi connectivity index (χ0n) is 8.48. The van der Waals surface area contributed by atoms with Gasteiger partial charge in [-0.15, -0.1) is 0 Å². The summed E-state index contributed by atoms with van der Waals surface area (Å²) in [6.07, 6.45) is 0. The summed E-state index contributed by atoms with van der Waals surface area (Å²) in [5, 5.41) is 4.54. The SMILES string of the molecule is Clc1cccc(C2Nc3ccccc3S2)c1. The molecule has 1 unspecified atom stereocenters. The number of para-hydroxylation sites is 1. The van der Waals surface area contributed by atoms with Gasteiger partial charge in [0.05, 0.1) is 0 Å². The van der Waals surface area contributed by atoms with Crippen molar-refractivity contribution in [2.45, 2.75) is 10.3 Å². The van der Waals surface area contributed by atoms with Crippen LogP contribution in [0.4, 0.5) is 5.69 Å². The van der Waals surface area contributed by atoms with E-state index in [2.05, 4.69) is 29.6 Å². The number of hydrogen-bond acceptors (Lipinski definition) is 2. The molecule has 2 aromatic carbocycles. The van der Waals surface area contributed by atoms with E-state index in [9.17, 15) is 0 Å². The van der Waals surface area contributed by atoms with E-state index in [-0.39, 0.29) is 5.37 Å². The molecular formula is C13H10ClNS. The summed E-state index contributed by atoms with van der Waals surface area (Å²) in [5.41, 5.74) is 2.42. The Hall–Kier alpha value is -1.12. The van der Waals surface area contributed by atoms with Crippen molar-refractivity contribution in [2.75, 3.05) is 5.32 Å². The average Bonchev–Trinajstić information content (AvgIpc) is 2.72. The Labute approximate surface area is 104 Å². The summed E-state index contributed by atoms with van der Waals surface area (Å²) >= 11 is 7.83. The van der Waals surface area contributed by atoms with Crippen molar-refractivity contribution in [1.29, 1.82) is 0 Å². The molecule has 0 saturated carbocycles. The van der Waals surface area contributed by atoms with Crippen molar-refractivity contribution >= 4 is 29.1 Å². The first-order valence-corrected chi connectivity index (χ1v) is 6.36. The summed E-state index contributed by atoms with van der Waals surface area (Å²) in [4.78, 5) is 1.30. The van der Waals surface area contributed by atoms with Gasteiger partial charge in [-0.05, 0) is 29.8 Å². The van der Waals surface area contributed by atoms with Gasteiger partial charge >= 0.3 is 0 Å². The van der Waals surface area contributed by atoms with Crippen molar-refractivity contribution in [3.05, 3.63) is 59.1 Å². The van der Waals surface area contributed by atoms with Crippen LogP contribution in [0.1, 0.15) is 10.9 Å². The van der Waals surface area contributed by atoms with E-state index in [1.807, 2.05) is 36.0 Å². The number of halogens is 1. The Morgan fingerprint density at radius 3 is 2.75 bits per heavy atom. The molecule has 0 spiro atoms. The van der Waals surface area contributed by atoms with Crippen LogP contribution in [0, 0.1) is 0 Å². The number of fused-ring (bicyclic) bond motifs is 1. The summed E-state index contributed by atoms with van der Waals surface area (Å²) in [7, 11) is 0. The molecule has 1 aliphatic heterocycles. The number of benzene rings is 2. The maximum absolute atomic E-state index is 6.00. The molecule has 0 aromatic heterocycles. The lowest BCUT2D eigenvalue weighted by atomic mass is 10.2. The minimum atomic E-state index is 0.274.